The van der Waals surface area contributed by atoms with E-state index < -0.39 is 12.0 Å². The zero-order valence-electron chi connectivity index (χ0n) is 11.7. The molecule has 0 saturated heterocycles. The van der Waals surface area contributed by atoms with Crippen LogP contribution in [0.5, 0.6) is 0 Å². The molecule has 0 aromatic rings. The summed E-state index contributed by atoms with van der Waals surface area (Å²) in [6.45, 7) is 3.58. The van der Waals surface area contributed by atoms with Crippen molar-refractivity contribution in [3.05, 3.63) is 12.2 Å². The Kier molecular flexibility index (Phi) is 10.0. The van der Waals surface area contributed by atoms with Crippen LogP contribution in [0.3, 0.4) is 0 Å². The molecular formula is C14H25NO3. The summed E-state index contributed by atoms with van der Waals surface area (Å²) in [6.07, 6.45) is 10.4. The van der Waals surface area contributed by atoms with E-state index in [1.165, 1.54) is 39.7 Å². The number of hydrogen-bond acceptors (Lipinski definition) is 3. The minimum atomic E-state index is -0.570. The van der Waals surface area contributed by atoms with Crippen LogP contribution in [0.25, 0.3) is 0 Å². The van der Waals surface area contributed by atoms with E-state index in [-0.39, 0.29) is 5.91 Å². The van der Waals surface area contributed by atoms with E-state index in [2.05, 4.69) is 23.1 Å². The molecule has 0 rings (SSSR count). The topological polar surface area (TPSA) is 55.4 Å². The number of hydrogen-bond donors (Lipinski definition) is 1. The van der Waals surface area contributed by atoms with Crippen LogP contribution < -0.4 is 5.32 Å². The van der Waals surface area contributed by atoms with Crippen LogP contribution in [0.2, 0.25) is 0 Å². The molecule has 0 unspecified atom stereocenters. The number of amides is 1. The highest BCUT2D eigenvalue weighted by Gasteiger charge is 2.17. The van der Waals surface area contributed by atoms with Crippen molar-refractivity contribution in [1.82, 2.24) is 5.32 Å². The van der Waals surface area contributed by atoms with E-state index in [4.69, 9.17) is 0 Å². The molecule has 0 fully saturated rings. The predicted octanol–water partition coefficient (Wildman–Crippen LogP) is 2.58. The molecule has 104 valence electrons. The van der Waals surface area contributed by atoms with Crippen molar-refractivity contribution in [2.45, 2.75) is 58.4 Å². The summed E-state index contributed by atoms with van der Waals surface area (Å²) in [5.74, 6) is -0.623. The fourth-order valence-electron chi connectivity index (χ4n) is 1.64. The van der Waals surface area contributed by atoms with Gasteiger partial charge in [-0.15, -0.1) is 0 Å². The molecule has 0 saturated carbocycles. The predicted molar refractivity (Wildman–Crippen MR) is 72.1 cm³/mol. The van der Waals surface area contributed by atoms with Gasteiger partial charge in [0.25, 0.3) is 0 Å². The third-order valence-corrected chi connectivity index (χ3v) is 2.63. The minimum Gasteiger partial charge on any atom is -0.467 e. The molecule has 0 aliphatic rings. The minimum absolute atomic E-state index is 0.221. The van der Waals surface area contributed by atoms with Crippen LogP contribution in [0.15, 0.2) is 12.2 Å². The van der Waals surface area contributed by atoms with E-state index >= 15 is 0 Å². The molecule has 0 spiro atoms. The Morgan fingerprint density at radius 1 is 1.22 bits per heavy atom. The summed E-state index contributed by atoms with van der Waals surface area (Å²) in [4.78, 5) is 22.3. The number of esters is 1. The number of carbonyl (C=O) groups is 2. The van der Waals surface area contributed by atoms with Crippen LogP contribution >= 0.6 is 0 Å². The second-order valence-corrected chi connectivity index (χ2v) is 4.33. The van der Waals surface area contributed by atoms with Crippen LogP contribution in [0, 0.1) is 0 Å². The van der Waals surface area contributed by atoms with Gasteiger partial charge in [-0.05, 0) is 19.3 Å². The van der Waals surface area contributed by atoms with Crippen molar-refractivity contribution in [2.24, 2.45) is 0 Å². The van der Waals surface area contributed by atoms with E-state index in [9.17, 15) is 9.59 Å². The summed E-state index contributed by atoms with van der Waals surface area (Å²) >= 11 is 0. The van der Waals surface area contributed by atoms with Gasteiger partial charge in [-0.1, -0.05) is 38.3 Å². The molecule has 0 bridgehead atoms. The zero-order valence-corrected chi connectivity index (χ0v) is 11.7. The van der Waals surface area contributed by atoms with Gasteiger partial charge < -0.3 is 10.1 Å². The molecule has 0 aromatic carbocycles. The van der Waals surface area contributed by atoms with Gasteiger partial charge >= 0.3 is 5.97 Å². The molecule has 4 heteroatoms. The highest BCUT2D eigenvalue weighted by atomic mass is 16.5. The Morgan fingerprint density at radius 2 is 1.94 bits per heavy atom. The first-order chi connectivity index (χ1) is 8.61. The molecule has 18 heavy (non-hydrogen) atoms. The largest absolute Gasteiger partial charge is 0.467 e. The SMILES string of the molecule is CCCCCC/C=C/C[C@@H](NC(C)=O)C(=O)OC. The highest BCUT2D eigenvalue weighted by molar-refractivity contribution is 5.83. The number of methoxy groups -OCH3 is 1. The van der Waals surface area contributed by atoms with Gasteiger partial charge in [0.1, 0.15) is 6.04 Å². The maximum atomic E-state index is 11.4. The number of allylic oxidation sites excluding steroid dienone is 1. The van der Waals surface area contributed by atoms with E-state index in [0.29, 0.717) is 6.42 Å². The first-order valence-electron chi connectivity index (χ1n) is 6.61. The van der Waals surface area contributed by atoms with Crippen molar-refractivity contribution in [3.8, 4) is 0 Å². The Balaban J connectivity index is 3.91. The number of rotatable bonds is 9. The summed E-state index contributed by atoms with van der Waals surface area (Å²) in [6, 6.07) is -0.570. The van der Waals surface area contributed by atoms with Crippen molar-refractivity contribution < 1.29 is 14.3 Å². The monoisotopic (exact) mass is 255 g/mol. The average molecular weight is 255 g/mol. The Labute approximate surface area is 110 Å². The smallest absolute Gasteiger partial charge is 0.328 e. The molecule has 1 amide bonds. The van der Waals surface area contributed by atoms with Gasteiger partial charge in [0.2, 0.25) is 5.91 Å². The number of carbonyl (C=O) groups excluding carboxylic acids is 2. The second-order valence-electron chi connectivity index (χ2n) is 4.33. The van der Waals surface area contributed by atoms with Crippen molar-refractivity contribution in [1.29, 1.82) is 0 Å². The third kappa shape index (κ3) is 8.79. The highest BCUT2D eigenvalue weighted by Crippen LogP contribution is 2.04. The van der Waals surface area contributed by atoms with Gasteiger partial charge in [-0.2, -0.15) is 0 Å². The second kappa shape index (κ2) is 10.8. The van der Waals surface area contributed by atoms with Crippen molar-refractivity contribution in [3.63, 3.8) is 0 Å². The molecule has 4 nitrogen and oxygen atoms in total. The summed E-state index contributed by atoms with van der Waals surface area (Å²) in [5, 5.41) is 2.58. The molecule has 0 aliphatic carbocycles. The molecular weight excluding hydrogens is 230 g/mol. The lowest BCUT2D eigenvalue weighted by Gasteiger charge is -2.12. The lowest BCUT2D eigenvalue weighted by atomic mass is 10.1. The van der Waals surface area contributed by atoms with Gasteiger partial charge in [-0.3, -0.25) is 4.79 Å². The third-order valence-electron chi connectivity index (χ3n) is 2.63. The first-order valence-corrected chi connectivity index (χ1v) is 6.61. The normalized spacial score (nSPS) is 12.4. The molecule has 1 atom stereocenters. The van der Waals surface area contributed by atoms with Gasteiger partial charge in [-0.25, -0.2) is 4.79 Å². The van der Waals surface area contributed by atoms with Gasteiger partial charge in [0.15, 0.2) is 0 Å². The molecule has 0 heterocycles. The van der Waals surface area contributed by atoms with E-state index in [1.807, 2.05) is 6.08 Å². The zero-order chi connectivity index (χ0) is 13.8. The first kappa shape index (κ1) is 16.7. The van der Waals surface area contributed by atoms with E-state index in [0.717, 1.165) is 6.42 Å². The Morgan fingerprint density at radius 3 is 2.50 bits per heavy atom. The van der Waals surface area contributed by atoms with Crippen molar-refractivity contribution >= 4 is 11.9 Å². The lowest BCUT2D eigenvalue weighted by molar-refractivity contribution is -0.144. The number of nitrogens with one attached hydrogen (secondary N) is 1. The summed E-state index contributed by atoms with van der Waals surface area (Å²) < 4.78 is 4.64. The maximum Gasteiger partial charge on any atom is 0.328 e. The molecule has 1 N–H and O–H groups in total. The van der Waals surface area contributed by atoms with Gasteiger partial charge in [0, 0.05) is 6.92 Å². The number of unbranched alkanes of at least 4 members (excludes halogenated alkanes) is 4. The quantitative estimate of drug-likeness (QED) is 0.391. The molecule has 0 aliphatic heterocycles. The van der Waals surface area contributed by atoms with Crippen LogP contribution in [0.1, 0.15) is 52.4 Å². The Bertz CT molecular complexity index is 274. The average Bonchev–Trinajstić information content (AvgIpc) is 2.34. The molecule has 0 radical (unpaired) electrons. The number of ether oxygens (including phenoxy) is 1. The molecule has 0 aromatic heterocycles. The lowest BCUT2D eigenvalue weighted by Crippen LogP contribution is -2.39. The fourth-order valence-corrected chi connectivity index (χ4v) is 1.64. The van der Waals surface area contributed by atoms with Crippen LogP contribution in [-0.4, -0.2) is 25.0 Å². The van der Waals surface area contributed by atoms with E-state index in [1.54, 1.807) is 0 Å². The van der Waals surface area contributed by atoms with Crippen molar-refractivity contribution in [2.75, 3.05) is 7.11 Å². The summed E-state index contributed by atoms with van der Waals surface area (Å²) in [7, 11) is 1.33. The maximum absolute atomic E-state index is 11.4. The van der Waals surface area contributed by atoms with Crippen LogP contribution in [0.4, 0.5) is 0 Å². The standard InChI is InChI=1S/C14H25NO3/c1-4-5-6-7-8-9-10-11-13(14(17)18-3)15-12(2)16/h9-10,13H,4-8,11H2,1-3H3,(H,15,16)/b10-9+/t13-/m1/s1. The fraction of sp³-hybridized carbons (Fsp3) is 0.714. The van der Waals surface area contributed by atoms with Crippen LogP contribution in [-0.2, 0) is 14.3 Å². The van der Waals surface area contributed by atoms with Gasteiger partial charge in [0.05, 0.1) is 7.11 Å². The Hall–Kier alpha value is -1.32. The summed E-state index contributed by atoms with van der Waals surface area (Å²) in [5.41, 5.74) is 0.